The summed E-state index contributed by atoms with van der Waals surface area (Å²) in [5.74, 6) is -3.68. The van der Waals surface area contributed by atoms with Crippen LogP contribution in [0.5, 0.6) is 0 Å². The number of aliphatic hydroxyl groups excluding tert-OH is 1. The number of pyridine rings is 1. The van der Waals surface area contributed by atoms with Gasteiger partial charge in [-0.25, -0.2) is 8.78 Å². The molecule has 0 amide bonds. The van der Waals surface area contributed by atoms with Crippen molar-refractivity contribution in [3.63, 3.8) is 0 Å². The fourth-order valence-electron chi connectivity index (χ4n) is 1.45. The highest BCUT2D eigenvalue weighted by Gasteiger charge is 2.14. The number of unbranched alkanes of at least 4 members (excludes halogenated alkanes) is 2. The van der Waals surface area contributed by atoms with Crippen LogP contribution in [0.4, 0.5) is 19.0 Å². The Morgan fingerprint density at radius 2 is 1.88 bits per heavy atom. The molecular formula is C11H15F3N2O. The van der Waals surface area contributed by atoms with Gasteiger partial charge in [0.15, 0.2) is 17.5 Å². The third-order valence-electron chi connectivity index (χ3n) is 2.38. The standard InChI is InChI=1S/C11H15F3N2O/c1-16(5-3-2-4-6-17)11-9(13)7-8(12)10(14)15-11/h7,17H,2-6H2,1H3. The van der Waals surface area contributed by atoms with Gasteiger partial charge in [0.1, 0.15) is 0 Å². The molecule has 0 saturated heterocycles. The zero-order chi connectivity index (χ0) is 12.8. The van der Waals surface area contributed by atoms with E-state index in [-0.39, 0.29) is 12.4 Å². The molecule has 1 heterocycles. The van der Waals surface area contributed by atoms with Crippen LogP contribution in [0.25, 0.3) is 0 Å². The molecule has 1 aromatic heterocycles. The van der Waals surface area contributed by atoms with Crippen LogP contribution in [0.1, 0.15) is 19.3 Å². The van der Waals surface area contributed by atoms with Crippen molar-refractivity contribution in [3.05, 3.63) is 23.6 Å². The molecule has 3 nitrogen and oxygen atoms in total. The van der Waals surface area contributed by atoms with Gasteiger partial charge in [0.05, 0.1) is 0 Å². The molecule has 0 aliphatic rings. The van der Waals surface area contributed by atoms with Gasteiger partial charge in [-0.3, -0.25) is 0 Å². The first kappa shape index (κ1) is 13.8. The Morgan fingerprint density at radius 1 is 1.18 bits per heavy atom. The highest BCUT2D eigenvalue weighted by Crippen LogP contribution is 2.18. The number of aliphatic hydroxyl groups is 1. The molecule has 1 aromatic rings. The van der Waals surface area contributed by atoms with Crippen LogP contribution in [-0.2, 0) is 0 Å². The predicted molar refractivity (Wildman–Crippen MR) is 58.3 cm³/mol. The largest absolute Gasteiger partial charge is 0.396 e. The maximum atomic E-state index is 13.3. The molecule has 0 spiro atoms. The normalized spacial score (nSPS) is 10.6. The maximum Gasteiger partial charge on any atom is 0.251 e. The predicted octanol–water partition coefficient (Wildman–Crippen LogP) is 2.10. The fourth-order valence-corrected chi connectivity index (χ4v) is 1.45. The molecule has 0 atom stereocenters. The number of nitrogens with zero attached hydrogens (tertiary/aromatic N) is 2. The molecular weight excluding hydrogens is 233 g/mol. The summed E-state index contributed by atoms with van der Waals surface area (Å²) < 4.78 is 38.8. The molecule has 0 aromatic carbocycles. The first-order valence-corrected chi connectivity index (χ1v) is 5.39. The average Bonchev–Trinajstić information content (AvgIpc) is 2.29. The topological polar surface area (TPSA) is 36.4 Å². The minimum Gasteiger partial charge on any atom is -0.396 e. The van der Waals surface area contributed by atoms with Crippen LogP contribution in [0, 0.1) is 17.6 Å². The van der Waals surface area contributed by atoms with E-state index in [0.29, 0.717) is 19.0 Å². The lowest BCUT2D eigenvalue weighted by Crippen LogP contribution is -2.22. The average molecular weight is 248 g/mol. The zero-order valence-corrected chi connectivity index (χ0v) is 9.59. The van der Waals surface area contributed by atoms with Gasteiger partial charge >= 0.3 is 0 Å². The van der Waals surface area contributed by atoms with E-state index in [0.717, 1.165) is 12.8 Å². The van der Waals surface area contributed by atoms with Crippen molar-refractivity contribution in [3.8, 4) is 0 Å². The summed E-state index contributed by atoms with van der Waals surface area (Å²) in [5, 5.41) is 8.58. The molecule has 6 heteroatoms. The second-order valence-corrected chi connectivity index (χ2v) is 3.77. The number of rotatable bonds is 6. The lowest BCUT2D eigenvalue weighted by molar-refractivity contribution is 0.283. The molecule has 0 radical (unpaired) electrons. The van der Waals surface area contributed by atoms with Crippen molar-refractivity contribution in [2.75, 3.05) is 25.1 Å². The van der Waals surface area contributed by atoms with E-state index in [1.807, 2.05) is 0 Å². The van der Waals surface area contributed by atoms with E-state index < -0.39 is 17.6 Å². The molecule has 0 saturated carbocycles. The lowest BCUT2D eigenvalue weighted by Gasteiger charge is -2.18. The van der Waals surface area contributed by atoms with Crippen molar-refractivity contribution < 1.29 is 18.3 Å². The van der Waals surface area contributed by atoms with Gasteiger partial charge in [0.2, 0.25) is 0 Å². The van der Waals surface area contributed by atoms with Crippen LogP contribution in [-0.4, -0.2) is 30.3 Å². The number of anilines is 1. The third-order valence-corrected chi connectivity index (χ3v) is 2.38. The zero-order valence-electron chi connectivity index (χ0n) is 9.59. The van der Waals surface area contributed by atoms with E-state index in [9.17, 15) is 13.2 Å². The van der Waals surface area contributed by atoms with Gasteiger partial charge < -0.3 is 10.0 Å². The molecule has 96 valence electrons. The fraction of sp³-hybridized carbons (Fsp3) is 0.545. The van der Waals surface area contributed by atoms with Crippen molar-refractivity contribution in [2.45, 2.75) is 19.3 Å². The Balaban J connectivity index is 2.62. The Labute approximate surface area is 97.9 Å². The Hall–Kier alpha value is -1.30. The van der Waals surface area contributed by atoms with Gasteiger partial charge in [-0.15, -0.1) is 0 Å². The van der Waals surface area contributed by atoms with E-state index in [1.54, 1.807) is 7.05 Å². The highest BCUT2D eigenvalue weighted by molar-refractivity contribution is 5.38. The van der Waals surface area contributed by atoms with Gasteiger partial charge in [-0.1, -0.05) is 0 Å². The molecule has 0 aliphatic heterocycles. The number of hydrogen-bond donors (Lipinski definition) is 1. The summed E-state index contributed by atoms with van der Waals surface area (Å²) >= 11 is 0. The molecule has 1 rings (SSSR count). The minimum absolute atomic E-state index is 0.113. The maximum absolute atomic E-state index is 13.3. The summed E-state index contributed by atoms with van der Waals surface area (Å²) in [6.45, 7) is 0.580. The Kier molecular flexibility index (Phi) is 5.21. The molecule has 17 heavy (non-hydrogen) atoms. The van der Waals surface area contributed by atoms with Crippen LogP contribution in [0.2, 0.25) is 0 Å². The minimum atomic E-state index is -1.30. The summed E-state index contributed by atoms with van der Waals surface area (Å²) in [4.78, 5) is 4.66. The van der Waals surface area contributed by atoms with Crippen molar-refractivity contribution in [1.29, 1.82) is 0 Å². The lowest BCUT2D eigenvalue weighted by atomic mass is 10.2. The summed E-state index contributed by atoms with van der Waals surface area (Å²) in [7, 11) is 1.56. The molecule has 0 unspecified atom stereocenters. The van der Waals surface area contributed by atoms with Crippen molar-refractivity contribution in [1.82, 2.24) is 4.98 Å². The third kappa shape index (κ3) is 3.89. The summed E-state index contributed by atoms with van der Waals surface area (Å²) in [6.07, 6.45) is 2.17. The molecule has 0 bridgehead atoms. The van der Waals surface area contributed by atoms with Crippen molar-refractivity contribution >= 4 is 5.82 Å². The summed E-state index contributed by atoms with van der Waals surface area (Å²) in [5.41, 5.74) is 0. The number of aromatic nitrogens is 1. The van der Waals surface area contributed by atoms with E-state index in [2.05, 4.69) is 4.98 Å². The SMILES string of the molecule is CN(CCCCCO)c1nc(F)c(F)cc1F. The summed E-state index contributed by atoms with van der Waals surface area (Å²) in [6, 6.07) is 0.488. The molecule has 0 aliphatic carbocycles. The Morgan fingerprint density at radius 3 is 2.53 bits per heavy atom. The van der Waals surface area contributed by atoms with Crippen LogP contribution >= 0.6 is 0 Å². The van der Waals surface area contributed by atoms with Gasteiger partial charge in [-0.05, 0) is 19.3 Å². The van der Waals surface area contributed by atoms with E-state index in [1.165, 1.54) is 4.90 Å². The second kappa shape index (κ2) is 6.44. The first-order valence-electron chi connectivity index (χ1n) is 5.39. The number of halogens is 3. The number of hydrogen-bond acceptors (Lipinski definition) is 3. The molecule has 0 fully saturated rings. The van der Waals surface area contributed by atoms with Gasteiger partial charge in [0, 0.05) is 26.3 Å². The smallest absolute Gasteiger partial charge is 0.251 e. The first-order chi connectivity index (χ1) is 8.06. The molecule has 1 N–H and O–H groups in total. The highest BCUT2D eigenvalue weighted by atomic mass is 19.2. The quantitative estimate of drug-likeness (QED) is 0.618. The van der Waals surface area contributed by atoms with Crippen LogP contribution < -0.4 is 4.90 Å². The Bertz CT molecular complexity index is 374. The van der Waals surface area contributed by atoms with Gasteiger partial charge in [0.25, 0.3) is 5.95 Å². The van der Waals surface area contributed by atoms with Crippen LogP contribution in [0.15, 0.2) is 6.07 Å². The van der Waals surface area contributed by atoms with E-state index >= 15 is 0 Å². The van der Waals surface area contributed by atoms with Crippen molar-refractivity contribution in [2.24, 2.45) is 0 Å². The second-order valence-electron chi connectivity index (χ2n) is 3.77. The van der Waals surface area contributed by atoms with Crippen LogP contribution in [0.3, 0.4) is 0 Å². The van der Waals surface area contributed by atoms with Gasteiger partial charge in [-0.2, -0.15) is 9.37 Å². The monoisotopic (exact) mass is 248 g/mol. The van der Waals surface area contributed by atoms with E-state index in [4.69, 9.17) is 5.11 Å².